The molecule has 0 atom stereocenters. The summed E-state index contributed by atoms with van der Waals surface area (Å²) >= 11 is 11.3. The van der Waals surface area contributed by atoms with Crippen LogP contribution in [-0.2, 0) is 4.79 Å². The number of anilines is 1. The summed E-state index contributed by atoms with van der Waals surface area (Å²) in [5, 5.41) is 12.9. The van der Waals surface area contributed by atoms with E-state index in [9.17, 15) is 4.79 Å². The fraction of sp³-hybridized carbons (Fsp3) is 0.600. The second kappa shape index (κ2) is 7.33. The lowest BCUT2D eigenvalue weighted by Crippen LogP contribution is -2.28. The smallest absolute Gasteiger partial charge is 0.245 e. The van der Waals surface area contributed by atoms with Gasteiger partial charge < -0.3 is 10.6 Å². The highest BCUT2D eigenvalue weighted by Gasteiger charge is 2.07. The van der Waals surface area contributed by atoms with Crippen LogP contribution in [-0.4, -0.2) is 34.2 Å². The zero-order valence-corrected chi connectivity index (χ0v) is 11.7. The highest BCUT2D eigenvalue weighted by Crippen LogP contribution is 2.16. The average Bonchev–Trinajstić information content (AvgIpc) is 2.31. The predicted molar refractivity (Wildman–Crippen MR) is 70.8 cm³/mol. The molecular weight excluding hydrogens is 277 g/mol. The minimum atomic E-state index is -0.0274. The Morgan fingerprint density at radius 1 is 1.33 bits per heavy atom. The number of nitrogens with one attached hydrogen (secondary N) is 2. The van der Waals surface area contributed by atoms with Gasteiger partial charge in [0.25, 0.3) is 0 Å². The van der Waals surface area contributed by atoms with Crippen LogP contribution in [0.25, 0.3) is 0 Å². The summed E-state index contributed by atoms with van der Waals surface area (Å²) in [6, 6.07) is 0. The minimum absolute atomic E-state index is 0.00570. The van der Waals surface area contributed by atoms with Crippen molar-refractivity contribution in [3.8, 4) is 0 Å². The van der Waals surface area contributed by atoms with E-state index < -0.39 is 0 Å². The van der Waals surface area contributed by atoms with Crippen molar-refractivity contribution in [1.82, 2.24) is 20.5 Å². The molecule has 1 aromatic heterocycles. The number of halogens is 2. The molecule has 6 nitrogen and oxygen atoms in total. The molecule has 1 heterocycles. The zero-order chi connectivity index (χ0) is 13.5. The summed E-state index contributed by atoms with van der Waals surface area (Å²) in [5.41, 5.74) is 0. The van der Waals surface area contributed by atoms with Crippen molar-refractivity contribution in [2.45, 2.75) is 20.3 Å². The van der Waals surface area contributed by atoms with Gasteiger partial charge in [-0.2, -0.15) is 4.98 Å². The van der Waals surface area contributed by atoms with Crippen LogP contribution in [0.4, 0.5) is 5.82 Å². The van der Waals surface area contributed by atoms with E-state index in [1.807, 2.05) is 13.8 Å². The molecule has 1 rings (SSSR count). The molecule has 1 amide bonds. The Morgan fingerprint density at radius 3 is 2.72 bits per heavy atom. The van der Waals surface area contributed by atoms with Crippen molar-refractivity contribution in [2.75, 3.05) is 18.4 Å². The van der Waals surface area contributed by atoms with Crippen molar-refractivity contribution in [2.24, 2.45) is 5.92 Å². The summed E-state index contributed by atoms with van der Waals surface area (Å²) in [5.74, 6) is 0.731. The van der Waals surface area contributed by atoms with E-state index in [4.69, 9.17) is 23.2 Å². The van der Waals surface area contributed by atoms with Gasteiger partial charge in [0.2, 0.25) is 11.2 Å². The Hall–Kier alpha value is -1.14. The van der Waals surface area contributed by atoms with Crippen molar-refractivity contribution in [3.63, 3.8) is 0 Å². The number of aromatic nitrogens is 3. The van der Waals surface area contributed by atoms with E-state index in [-0.39, 0.29) is 16.3 Å². The van der Waals surface area contributed by atoms with Gasteiger partial charge in [-0.25, -0.2) is 0 Å². The lowest BCUT2D eigenvalue weighted by Gasteiger charge is -2.08. The summed E-state index contributed by atoms with van der Waals surface area (Å²) in [6.45, 7) is 5.14. The molecule has 18 heavy (non-hydrogen) atoms. The fourth-order valence-corrected chi connectivity index (χ4v) is 1.38. The summed E-state index contributed by atoms with van der Waals surface area (Å²) in [7, 11) is 0. The molecule has 2 N–H and O–H groups in total. The van der Waals surface area contributed by atoms with Gasteiger partial charge in [-0.3, -0.25) is 4.79 Å². The molecule has 0 bridgehead atoms. The lowest BCUT2D eigenvalue weighted by molar-refractivity contribution is -0.120. The molecule has 0 aliphatic heterocycles. The zero-order valence-electron chi connectivity index (χ0n) is 10.2. The SMILES string of the molecule is CC(C)CNC(=O)CCNc1nc(Cl)nnc1Cl. The Kier molecular flexibility index (Phi) is 6.07. The quantitative estimate of drug-likeness (QED) is 0.835. The van der Waals surface area contributed by atoms with Crippen molar-refractivity contribution in [3.05, 3.63) is 10.4 Å². The van der Waals surface area contributed by atoms with Gasteiger partial charge in [0, 0.05) is 19.5 Å². The molecule has 0 aliphatic carbocycles. The standard InChI is InChI=1S/C10H15Cl2N5O/c1-6(2)5-14-7(18)3-4-13-9-8(11)16-17-10(12)15-9/h6H,3-5H2,1-2H3,(H,14,18)(H,13,15,17). The third-order valence-corrected chi connectivity index (χ3v) is 2.39. The molecule has 0 spiro atoms. The average molecular weight is 292 g/mol. The first-order valence-corrected chi connectivity index (χ1v) is 6.31. The molecule has 0 radical (unpaired) electrons. The topological polar surface area (TPSA) is 79.8 Å². The molecular formula is C10H15Cl2N5O. The van der Waals surface area contributed by atoms with Gasteiger partial charge in [0.05, 0.1) is 0 Å². The van der Waals surface area contributed by atoms with E-state index in [1.54, 1.807) is 0 Å². The third kappa shape index (κ3) is 5.46. The molecule has 0 aliphatic rings. The largest absolute Gasteiger partial charge is 0.367 e. The summed E-state index contributed by atoms with van der Waals surface area (Å²) in [4.78, 5) is 15.3. The molecule has 8 heteroatoms. The molecule has 0 aromatic carbocycles. The van der Waals surface area contributed by atoms with Gasteiger partial charge in [-0.05, 0) is 17.5 Å². The first-order chi connectivity index (χ1) is 8.49. The van der Waals surface area contributed by atoms with E-state index in [1.165, 1.54) is 0 Å². The molecule has 100 valence electrons. The maximum Gasteiger partial charge on any atom is 0.245 e. The van der Waals surface area contributed by atoms with Crippen LogP contribution < -0.4 is 10.6 Å². The Morgan fingerprint density at radius 2 is 2.06 bits per heavy atom. The van der Waals surface area contributed by atoms with Crippen LogP contribution >= 0.6 is 23.2 Å². The minimum Gasteiger partial charge on any atom is -0.367 e. The van der Waals surface area contributed by atoms with Crippen LogP contribution in [0, 0.1) is 5.92 Å². The van der Waals surface area contributed by atoms with Gasteiger partial charge in [-0.15, -0.1) is 10.2 Å². The molecule has 1 aromatic rings. The maximum absolute atomic E-state index is 11.4. The maximum atomic E-state index is 11.4. The van der Waals surface area contributed by atoms with E-state index >= 15 is 0 Å². The summed E-state index contributed by atoms with van der Waals surface area (Å²) < 4.78 is 0. The molecule has 0 fully saturated rings. The van der Waals surface area contributed by atoms with Crippen LogP contribution in [0.5, 0.6) is 0 Å². The summed E-state index contributed by atoms with van der Waals surface area (Å²) in [6.07, 6.45) is 0.324. The van der Waals surface area contributed by atoms with Crippen LogP contribution in [0.1, 0.15) is 20.3 Å². The van der Waals surface area contributed by atoms with Gasteiger partial charge >= 0.3 is 0 Å². The van der Waals surface area contributed by atoms with Crippen molar-refractivity contribution >= 4 is 34.9 Å². The van der Waals surface area contributed by atoms with E-state index in [0.29, 0.717) is 31.2 Å². The second-order valence-electron chi connectivity index (χ2n) is 4.09. The van der Waals surface area contributed by atoms with Gasteiger partial charge in [0.15, 0.2) is 11.0 Å². The van der Waals surface area contributed by atoms with E-state index in [2.05, 4.69) is 25.8 Å². The highest BCUT2D eigenvalue weighted by atomic mass is 35.5. The Balaban J connectivity index is 2.33. The number of hydrogen-bond acceptors (Lipinski definition) is 5. The third-order valence-electron chi connectivity index (χ3n) is 1.97. The normalized spacial score (nSPS) is 10.5. The number of carbonyl (C=O) groups excluding carboxylic acids is 1. The monoisotopic (exact) mass is 291 g/mol. The number of amides is 1. The van der Waals surface area contributed by atoms with Crippen molar-refractivity contribution < 1.29 is 4.79 Å². The second-order valence-corrected chi connectivity index (χ2v) is 4.79. The lowest BCUT2D eigenvalue weighted by atomic mass is 10.2. The first kappa shape index (κ1) is 14.9. The van der Waals surface area contributed by atoms with Crippen LogP contribution in [0.2, 0.25) is 10.4 Å². The van der Waals surface area contributed by atoms with Gasteiger partial charge in [-0.1, -0.05) is 25.4 Å². The number of carbonyl (C=O) groups is 1. The number of nitrogens with zero attached hydrogens (tertiary/aromatic N) is 3. The van der Waals surface area contributed by atoms with Gasteiger partial charge in [0.1, 0.15) is 0 Å². The van der Waals surface area contributed by atoms with E-state index in [0.717, 1.165) is 0 Å². The Bertz CT molecular complexity index is 413. The number of hydrogen-bond donors (Lipinski definition) is 2. The number of rotatable bonds is 6. The predicted octanol–water partition coefficient (Wildman–Crippen LogP) is 1.75. The highest BCUT2D eigenvalue weighted by molar-refractivity contribution is 6.32. The molecule has 0 saturated heterocycles. The molecule has 0 saturated carbocycles. The van der Waals surface area contributed by atoms with Crippen LogP contribution in [0.15, 0.2) is 0 Å². The first-order valence-electron chi connectivity index (χ1n) is 5.55. The Labute approximate surface area is 115 Å². The fourth-order valence-electron chi connectivity index (χ4n) is 1.11. The van der Waals surface area contributed by atoms with Crippen LogP contribution in [0.3, 0.4) is 0 Å². The van der Waals surface area contributed by atoms with Crippen molar-refractivity contribution in [1.29, 1.82) is 0 Å². The molecule has 0 unspecified atom stereocenters.